The number of ether oxygens (including phenoxy) is 2. The standard InChI is InChI=1S/C20H24N2O3S2/c1-12-8-9-14-16(10-12)27-18(17(14)19(23)25-3)22-20(26)21-11-13-6-4-5-7-15(13)24-2/h4-7,12H,8-11H2,1-3H3,(H2,21,22,26). The molecule has 0 saturated carbocycles. The number of carbonyl (C=O) groups is 1. The van der Waals surface area contributed by atoms with Gasteiger partial charge in [0.15, 0.2) is 5.11 Å². The van der Waals surface area contributed by atoms with E-state index in [1.54, 1.807) is 18.4 Å². The van der Waals surface area contributed by atoms with Gasteiger partial charge >= 0.3 is 5.97 Å². The summed E-state index contributed by atoms with van der Waals surface area (Å²) in [4.78, 5) is 13.6. The highest BCUT2D eigenvalue weighted by Gasteiger charge is 2.28. The summed E-state index contributed by atoms with van der Waals surface area (Å²) < 4.78 is 10.4. The van der Waals surface area contributed by atoms with Gasteiger partial charge in [-0.15, -0.1) is 11.3 Å². The van der Waals surface area contributed by atoms with E-state index in [9.17, 15) is 4.79 Å². The molecule has 1 aromatic heterocycles. The number of rotatable bonds is 5. The number of anilines is 1. The number of benzene rings is 1. The number of esters is 1. The average molecular weight is 405 g/mol. The number of hydrogen-bond donors (Lipinski definition) is 2. The molecule has 7 heteroatoms. The number of thiocarbonyl (C=S) groups is 1. The second-order valence-corrected chi connectivity index (χ2v) is 8.18. The first kappa shape index (κ1) is 19.6. The van der Waals surface area contributed by atoms with Crippen LogP contribution in [0.15, 0.2) is 24.3 Å². The van der Waals surface area contributed by atoms with E-state index in [1.807, 2.05) is 24.3 Å². The van der Waals surface area contributed by atoms with Gasteiger partial charge in [0, 0.05) is 17.0 Å². The van der Waals surface area contributed by atoms with E-state index in [0.29, 0.717) is 23.1 Å². The van der Waals surface area contributed by atoms with E-state index < -0.39 is 0 Å². The Morgan fingerprint density at radius 3 is 2.85 bits per heavy atom. The predicted molar refractivity (Wildman–Crippen MR) is 113 cm³/mol. The van der Waals surface area contributed by atoms with E-state index in [4.69, 9.17) is 21.7 Å². The second-order valence-electron chi connectivity index (χ2n) is 6.67. The van der Waals surface area contributed by atoms with E-state index in [2.05, 4.69) is 17.6 Å². The molecule has 0 saturated heterocycles. The summed E-state index contributed by atoms with van der Waals surface area (Å²) in [5, 5.41) is 7.63. The first-order valence-corrected chi connectivity index (χ1v) is 10.2. The first-order valence-electron chi connectivity index (χ1n) is 8.93. The molecule has 2 N–H and O–H groups in total. The Morgan fingerprint density at radius 2 is 2.11 bits per heavy atom. The van der Waals surface area contributed by atoms with Crippen molar-refractivity contribution in [1.29, 1.82) is 0 Å². The van der Waals surface area contributed by atoms with Crippen molar-refractivity contribution in [1.82, 2.24) is 5.32 Å². The Kier molecular flexibility index (Phi) is 6.34. The summed E-state index contributed by atoms with van der Waals surface area (Å²) in [6, 6.07) is 7.79. The van der Waals surface area contributed by atoms with Crippen LogP contribution in [0.1, 0.15) is 39.7 Å². The van der Waals surface area contributed by atoms with Gasteiger partial charge in [-0.3, -0.25) is 0 Å². The lowest BCUT2D eigenvalue weighted by Gasteiger charge is -2.18. The van der Waals surface area contributed by atoms with Gasteiger partial charge in [-0.1, -0.05) is 25.1 Å². The van der Waals surface area contributed by atoms with Gasteiger partial charge in [-0.25, -0.2) is 4.79 Å². The fraction of sp³-hybridized carbons (Fsp3) is 0.400. The molecule has 0 aliphatic heterocycles. The lowest BCUT2D eigenvalue weighted by molar-refractivity contribution is 0.0601. The minimum Gasteiger partial charge on any atom is -0.496 e. The fourth-order valence-corrected chi connectivity index (χ4v) is 4.97. The van der Waals surface area contributed by atoms with Crippen LogP contribution in [-0.4, -0.2) is 25.3 Å². The summed E-state index contributed by atoms with van der Waals surface area (Å²) in [6.45, 7) is 2.78. The number of thiophene rings is 1. The van der Waals surface area contributed by atoms with E-state index in [0.717, 1.165) is 41.1 Å². The van der Waals surface area contributed by atoms with Gasteiger partial charge in [-0.05, 0) is 49.0 Å². The minimum atomic E-state index is -0.308. The normalized spacial score (nSPS) is 15.6. The van der Waals surface area contributed by atoms with Crippen LogP contribution in [0.4, 0.5) is 5.00 Å². The molecule has 1 atom stereocenters. The summed E-state index contributed by atoms with van der Waals surface area (Å²) in [7, 11) is 3.06. The fourth-order valence-electron chi connectivity index (χ4n) is 3.33. The van der Waals surface area contributed by atoms with Crippen LogP contribution >= 0.6 is 23.6 Å². The largest absolute Gasteiger partial charge is 0.496 e. The predicted octanol–water partition coefficient (Wildman–Crippen LogP) is 4.15. The van der Waals surface area contributed by atoms with E-state index >= 15 is 0 Å². The quantitative estimate of drug-likeness (QED) is 0.577. The van der Waals surface area contributed by atoms with Crippen LogP contribution in [0.5, 0.6) is 5.75 Å². The molecule has 0 radical (unpaired) electrons. The highest BCUT2D eigenvalue weighted by molar-refractivity contribution is 7.80. The second kappa shape index (κ2) is 8.71. The van der Waals surface area contributed by atoms with Crippen LogP contribution in [0, 0.1) is 5.92 Å². The molecule has 1 unspecified atom stereocenters. The number of fused-ring (bicyclic) bond motifs is 1. The summed E-state index contributed by atoms with van der Waals surface area (Å²) in [5.74, 6) is 1.13. The zero-order valence-electron chi connectivity index (χ0n) is 15.8. The zero-order valence-corrected chi connectivity index (χ0v) is 17.4. The van der Waals surface area contributed by atoms with Crippen molar-refractivity contribution < 1.29 is 14.3 Å². The molecule has 27 heavy (non-hydrogen) atoms. The molecule has 1 aliphatic rings. The van der Waals surface area contributed by atoms with Crippen molar-refractivity contribution in [2.45, 2.75) is 32.7 Å². The number of nitrogens with one attached hydrogen (secondary N) is 2. The maximum Gasteiger partial charge on any atom is 0.341 e. The van der Waals surface area contributed by atoms with Crippen LogP contribution < -0.4 is 15.4 Å². The Bertz CT molecular complexity index is 848. The van der Waals surface area contributed by atoms with Crippen molar-refractivity contribution in [2.24, 2.45) is 5.92 Å². The molecule has 1 heterocycles. The molecule has 0 amide bonds. The average Bonchev–Trinajstić information content (AvgIpc) is 3.02. The summed E-state index contributed by atoms with van der Waals surface area (Å²) >= 11 is 7.06. The minimum absolute atomic E-state index is 0.308. The van der Waals surface area contributed by atoms with Crippen molar-refractivity contribution in [3.8, 4) is 5.75 Å². The number of hydrogen-bond acceptors (Lipinski definition) is 5. The number of para-hydroxylation sites is 1. The first-order chi connectivity index (χ1) is 13.0. The molecule has 1 aromatic carbocycles. The molecule has 5 nitrogen and oxygen atoms in total. The third kappa shape index (κ3) is 4.42. The van der Waals surface area contributed by atoms with Crippen molar-refractivity contribution in [2.75, 3.05) is 19.5 Å². The highest BCUT2D eigenvalue weighted by Crippen LogP contribution is 2.40. The topological polar surface area (TPSA) is 59.6 Å². The van der Waals surface area contributed by atoms with Gasteiger partial charge in [0.2, 0.25) is 0 Å². The summed E-state index contributed by atoms with van der Waals surface area (Å²) in [6.07, 6.45) is 2.98. The highest BCUT2D eigenvalue weighted by atomic mass is 32.1. The Morgan fingerprint density at radius 1 is 1.33 bits per heavy atom. The van der Waals surface area contributed by atoms with Gasteiger partial charge < -0.3 is 20.1 Å². The van der Waals surface area contributed by atoms with Gasteiger partial charge in [0.1, 0.15) is 10.8 Å². The van der Waals surface area contributed by atoms with Gasteiger partial charge in [0.25, 0.3) is 0 Å². The Labute approximate surface area is 169 Å². The third-order valence-electron chi connectivity index (χ3n) is 4.76. The van der Waals surface area contributed by atoms with Crippen LogP contribution in [0.3, 0.4) is 0 Å². The van der Waals surface area contributed by atoms with Crippen LogP contribution in [0.2, 0.25) is 0 Å². The molecule has 2 aromatic rings. The van der Waals surface area contributed by atoms with Crippen molar-refractivity contribution >= 4 is 39.6 Å². The smallest absolute Gasteiger partial charge is 0.341 e. The lowest BCUT2D eigenvalue weighted by atomic mass is 9.88. The Hall–Kier alpha value is -2.12. The van der Waals surface area contributed by atoms with Crippen molar-refractivity contribution in [3.63, 3.8) is 0 Å². The monoisotopic (exact) mass is 404 g/mol. The number of carbonyl (C=O) groups excluding carboxylic acids is 1. The molecule has 0 fully saturated rings. The maximum atomic E-state index is 12.4. The molecule has 3 rings (SSSR count). The van der Waals surface area contributed by atoms with Gasteiger partial charge in [-0.2, -0.15) is 0 Å². The van der Waals surface area contributed by atoms with E-state index in [1.165, 1.54) is 12.0 Å². The molecular formula is C20H24N2O3S2. The van der Waals surface area contributed by atoms with Crippen LogP contribution in [-0.2, 0) is 24.1 Å². The Balaban J connectivity index is 1.74. The SMILES string of the molecule is COC(=O)c1c(NC(=S)NCc2ccccc2OC)sc2c1CCC(C)C2. The van der Waals surface area contributed by atoms with Crippen molar-refractivity contribution in [3.05, 3.63) is 45.8 Å². The van der Waals surface area contributed by atoms with Crippen LogP contribution in [0.25, 0.3) is 0 Å². The molecular weight excluding hydrogens is 380 g/mol. The molecule has 1 aliphatic carbocycles. The number of methoxy groups -OCH3 is 2. The molecule has 144 valence electrons. The lowest BCUT2D eigenvalue weighted by Crippen LogP contribution is -2.28. The zero-order chi connectivity index (χ0) is 19.4. The molecule has 0 spiro atoms. The molecule has 0 bridgehead atoms. The maximum absolute atomic E-state index is 12.4. The van der Waals surface area contributed by atoms with Gasteiger partial charge in [0.05, 0.1) is 19.8 Å². The van der Waals surface area contributed by atoms with E-state index in [-0.39, 0.29) is 5.97 Å². The third-order valence-corrected chi connectivity index (χ3v) is 6.18. The summed E-state index contributed by atoms with van der Waals surface area (Å²) in [5.41, 5.74) is 2.75.